The van der Waals surface area contributed by atoms with Crippen LogP contribution in [0.25, 0.3) is 0 Å². The van der Waals surface area contributed by atoms with Crippen molar-refractivity contribution in [3.05, 3.63) is 24.2 Å². The number of carbonyl (C=O) groups excluding carboxylic acids is 1. The van der Waals surface area contributed by atoms with Gasteiger partial charge in [-0.1, -0.05) is 15.9 Å². The summed E-state index contributed by atoms with van der Waals surface area (Å²) in [6.07, 6.45) is 3.97. The van der Waals surface area contributed by atoms with Crippen molar-refractivity contribution in [3.63, 3.8) is 0 Å². The molecular formula is C11H16BrNO2. The molecule has 1 aromatic rings. The largest absolute Gasteiger partial charge is 0.469 e. The lowest BCUT2D eigenvalue weighted by atomic mass is 10.1. The molecule has 0 aliphatic heterocycles. The second kappa shape index (κ2) is 6.67. The molecule has 0 radical (unpaired) electrons. The molecular weight excluding hydrogens is 258 g/mol. The van der Waals surface area contributed by atoms with Gasteiger partial charge in [0.25, 0.3) is 0 Å². The van der Waals surface area contributed by atoms with E-state index in [9.17, 15) is 4.79 Å². The van der Waals surface area contributed by atoms with Gasteiger partial charge in [0.1, 0.15) is 5.76 Å². The zero-order valence-corrected chi connectivity index (χ0v) is 10.4. The Hall–Kier alpha value is -0.770. The van der Waals surface area contributed by atoms with Gasteiger partial charge in [0.15, 0.2) is 0 Å². The van der Waals surface area contributed by atoms with E-state index in [1.807, 2.05) is 19.1 Å². The van der Waals surface area contributed by atoms with Crippen molar-refractivity contribution in [3.8, 4) is 0 Å². The highest BCUT2D eigenvalue weighted by molar-refractivity contribution is 9.09. The molecule has 1 N–H and O–H groups in total. The number of aryl methyl sites for hydroxylation is 1. The summed E-state index contributed by atoms with van der Waals surface area (Å²) in [5.41, 5.74) is 0. The third-order valence-electron chi connectivity index (χ3n) is 2.13. The molecule has 1 aromatic heterocycles. The summed E-state index contributed by atoms with van der Waals surface area (Å²) in [5.74, 6) is 1.07. The SMILES string of the molecule is CC(CCc1ccco1)NC(=O)CCBr. The molecule has 0 fully saturated rings. The van der Waals surface area contributed by atoms with E-state index in [1.54, 1.807) is 6.26 Å². The molecule has 0 aliphatic rings. The summed E-state index contributed by atoms with van der Waals surface area (Å²) in [6, 6.07) is 4.03. The smallest absolute Gasteiger partial charge is 0.221 e. The molecule has 0 aromatic carbocycles. The monoisotopic (exact) mass is 273 g/mol. The van der Waals surface area contributed by atoms with Crippen LogP contribution in [0.5, 0.6) is 0 Å². The third-order valence-corrected chi connectivity index (χ3v) is 2.53. The topological polar surface area (TPSA) is 42.2 Å². The first kappa shape index (κ1) is 12.3. The van der Waals surface area contributed by atoms with E-state index >= 15 is 0 Å². The van der Waals surface area contributed by atoms with Crippen molar-refractivity contribution in [2.75, 3.05) is 5.33 Å². The van der Waals surface area contributed by atoms with Gasteiger partial charge in [-0.05, 0) is 25.5 Å². The van der Waals surface area contributed by atoms with Gasteiger partial charge in [0, 0.05) is 24.2 Å². The van der Waals surface area contributed by atoms with Crippen LogP contribution in [0.4, 0.5) is 0 Å². The fourth-order valence-corrected chi connectivity index (χ4v) is 1.68. The van der Waals surface area contributed by atoms with Gasteiger partial charge in [-0.3, -0.25) is 4.79 Å². The number of furan rings is 1. The van der Waals surface area contributed by atoms with E-state index < -0.39 is 0 Å². The minimum atomic E-state index is 0.0961. The lowest BCUT2D eigenvalue weighted by Gasteiger charge is -2.12. The lowest BCUT2D eigenvalue weighted by Crippen LogP contribution is -2.32. The molecule has 0 bridgehead atoms. The highest BCUT2D eigenvalue weighted by Crippen LogP contribution is 2.05. The minimum Gasteiger partial charge on any atom is -0.469 e. The summed E-state index contributed by atoms with van der Waals surface area (Å²) in [4.78, 5) is 11.3. The minimum absolute atomic E-state index is 0.0961. The number of amides is 1. The van der Waals surface area contributed by atoms with Crippen LogP contribution in [0.2, 0.25) is 0 Å². The molecule has 1 unspecified atom stereocenters. The fraction of sp³-hybridized carbons (Fsp3) is 0.545. The number of nitrogens with one attached hydrogen (secondary N) is 1. The lowest BCUT2D eigenvalue weighted by molar-refractivity contribution is -0.121. The summed E-state index contributed by atoms with van der Waals surface area (Å²) in [5, 5.41) is 3.64. The highest BCUT2D eigenvalue weighted by Gasteiger charge is 2.07. The van der Waals surface area contributed by atoms with E-state index in [1.165, 1.54) is 0 Å². The van der Waals surface area contributed by atoms with Gasteiger partial charge in [-0.2, -0.15) is 0 Å². The van der Waals surface area contributed by atoms with Crippen LogP contribution in [-0.2, 0) is 11.2 Å². The van der Waals surface area contributed by atoms with Gasteiger partial charge in [-0.15, -0.1) is 0 Å². The summed E-state index contributed by atoms with van der Waals surface area (Å²) < 4.78 is 5.22. The van der Waals surface area contributed by atoms with Crippen molar-refractivity contribution in [2.45, 2.75) is 32.2 Å². The molecule has 4 heteroatoms. The van der Waals surface area contributed by atoms with E-state index in [-0.39, 0.29) is 11.9 Å². The molecule has 1 rings (SSSR count). The van der Waals surface area contributed by atoms with Crippen molar-refractivity contribution >= 4 is 21.8 Å². The Morgan fingerprint density at radius 1 is 1.67 bits per heavy atom. The number of hydrogen-bond acceptors (Lipinski definition) is 2. The molecule has 0 saturated carbocycles. The van der Waals surface area contributed by atoms with E-state index in [2.05, 4.69) is 21.2 Å². The predicted octanol–water partition coefficient (Wildman–Crippen LogP) is 2.50. The molecule has 15 heavy (non-hydrogen) atoms. The van der Waals surface area contributed by atoms with Crippen LogP contribution >= 0.6 is 15.9 Å². The number of carbonyl (C=O) groups is 1. The average molecular weight is 274 g/mol. The average Bonchev–Trinajstić information content (AvgIpc) is 2.67. The van der Waals surface area contributed by atoms with Crippen molar-refractivity contribution in [1.82, 2.24) is 5.32 Å². The molecule has 1 amide bonds. The van der Waals surface area contributed by atoms with Crippen molar-refractivity contribution in [2.24, 2.45) is 0 Å². The second-order valence-electron chi connectivity index (χ2n) is 3.53. The zero-order valence-electron chi connectivity index (χ0n) is 8.83. The van der Waals surface area contributed by atoms with Crippen molar-refractivity contribution < 1.29 is 9.21 Å². The number of hydrogen-bond donors (Lipinski definition) is 1. The first-order chi connectivity index (χ1) is 7.22. The standard InChI is InChI=1S/C11H16BrNO2/c1-9(13-11(14)6-7-12)4-5-10-3-2-8-15-10/h2-3,8-9H,4-7H2,1H3,(H,13,14). The van der Waals surface area contributed by atoms with Crippen molar-refractivity contribution in [1.29, 1.82) is 0 Å². The first-order valence-electron chi connectivity index (χ1n) is 5.10. The number of rotatable bonds is 6. The maximum atomic E-state index is 11.3. The molecule has 1 heterocycles. The Labute approximate surface area is 98.4 Å². The maximum Gasteiger partial charge on any atom is 0.221 e. The van der Waals surface area contributed by atoms with Gasteiger partial charge < -0.3 is 9.73 Å². The highest BCUT2D eigenvalue weighted by atomic mass is 79.9. The molecule has 3 nitrogen and oxygen atoms in total. The number of halogens is 1. The second-order valence-corrected chi connectivity index (χ2v) is 4.32. The summed E-state index contributed by atoms with van der Waals surface area (Å²) in [6.45, 7) is 2.01. The Kier molecular flexibility index (Phi) is 5.47. The van der Waals surface area contributed by atoms with Crippen LogP contribution in [-0.4, -0.2) is 17.3 Å². The first-order valence-corrected chi connectivity index (χ1v) is 6.22. The van der Waals surface area contributed by atoms with Crippen LogP contribution < -0.4 is 5.32 Å². The quantitative estimate of drug-likeness (QED) is 0.810. The van der Waals surface area contributed by atoms with E-state index in [4.69, 9.17) is 4.42 Å². The Bertz CT molecular complexity index is 285. The van der Waals surface area contributed by atoms with Crippen LogP contribution in [0.1, 0.15) is 25.5 Å². The molecule has 1 atom stereocenters. The Morgan fingerprint density at radius 2 is 2.47 bits per heavy atom. The van der Waals surface area contributed by atoms with Crippen LogP contribution in [0.3, 0.4) is 0 Å². The fourth-order valence-electron chi connectivity index (χ4n) is 1.32. The number of alkyl halides is 1. The zero-order chi connectivity index (χ0) is 11.1. The summed E-state index contributed by atoms with van der Waals surface area (Å²) in [7, 11) is 0. The van der Waals surface area contributed by atoms with Gasteiger partial charge in [-0.25, -0.2) is 0 Å². The molecule has 0 saturated heterocycles. The van der Waals surface area contributed by atoms with Gasteiger partial charge in [0.2, 0.25) is 5.91 Å². The van der Waals surface area contributed by atoms with E-state index in [0.717, 1.165) is 18.6 Å². The predicted molar refractivity (Wildman–Crippen MR) is 63.0 cm³/mol. The Morgan fingerprint density at radius 3 is 3.07 bits per heavy atom. The Balaban J connectivity index is 2.18. The van der Waals surface area contributed by atoms with E-state index in [0.29, 0.717) is 11.8 Å². The third kappa shape index (κ3) is 5.02. The molecule has 0 aliphatic carbocycles. The van der Waals surface area contributed by atoms with Gasteiger partial charge >= 0.3 is 0 Å². The van der Waals surface area contributed by atoms with Crippen LogP contribution in [0, 0.1) is 0 Å². The molecule has 84 valence electrons. The van der Waals surface area contributed by atoms with Gasteiger partial charge in [0.05, 0.1) is 6.26 Å². The molecule has 0 spiro atoms. The maximum absolute atomic E-state index is 11.3. The van der Waals surface area contributed by atoms with Crippen LogP contribution in [0.15, 0.2) is 22.8 Å². The summed E-state index contributed by atoms with van der Waals surface area (Å²) >= 11 is 3.23. The normalized spacial score (nSPS) is 12.4.